The van der Waals surface area contributed by atoms with Gasteiger partial charge in [0.05, 0.1) is 0 Å². The van der Waals surface area contributed by atoms with Gasteiger partial charge in [-0.25, -0.2) is 0 Å². The number of hydrogen-bond donors (Lipinski definition) is 0. The van der Waals surface area contributed by atoms with Crippen LogP contribution < -0.4 is 0 Å². The summed E-state index contributed by atoms with van der Waals surface area (Å²) in [6.07, 6.45) is 11.4. The normalized spacial score (nSPS) is 19.2. The Kier molecular flexibility index (Phi) is 4.02. The Balaban J connectivity index is 0.000000163. The third-order valence-electron chi connectivity index (χ3n) is 2.94. The first-order valence-electron chi connectivity index (χ1n) is 5.29. The predicted molar refractivity (Wildman–Crippen MR) is 66.2 cm³/mol. The zero-order valence-electron chi connectivity index (χ0n) is 10.1. The number of Topliss-reactive ketones (excluding diaryl/α,β-unsaturated/α-hetero) is 1. The molecule has 0 heterocycles. The van der Waals surface area contributed by atoms with E-state index in [1.54, 1.807) is 6.92 Å². The summed E-state index contributed by atoms with van der Waals surface area (Å²) in [6, 6.07) is 0. The van der Waals surface area contributed by atoms with Crippen LogP contribution in [0.25, 0.3) is 0 Å². The van der Waals surface area contributed by atoms with Gasteiger partial charge in [0.2, 0.25) is 0 Å². The van der Waals surface area contributed by atoms with Crippen molar-refractivity contribution >= 4 is 5.78 Å². The summed E-state index contributed by atoms with van der Waals surface area (Å²) in [5, 5.41) is 0. The second-order valence-corrected chi connectivity index (χ2v) is 4.06. The smallest absolute Gasteiger partial charge is 0.165 e. The monoisotopic (exact) mass is 218 g/mol. The molecule has 16 heavy (non-hydrogen) atoms. The van der Waals surface area contributed by atoms with Crippen LogP contribution in [0.4, 0.5) is 0 Å². The highest BCUT2D eigenvalue weighted by molar-refractivity contribution is 5.86. The van der Waals surface area contributed by atoms with Gasteiger partial charge in [-0.15, -0.1) is 0 Å². The van der Waals surface area contributed by atoms with Crippen molar-refractivity contribution in [3.8, 4) is 0 Å². The van der Waals surface area contributed by atoms with Crippen LogP contribution in [0.2, 0.25) is 0 Å². The summed E-state index contributed by atoms with van der Waals surface area (Å²) in [7, 11) is 1.49. The molecule has 0 aromatic rings. The average Bonchev–Trinajstić information content (AvgIpc) is 2.92. The van der Waals surface area contributed by atoms with E-state index in [4.69, 9.17) is 4.74 Å². The minimum absolute atomic E-state index is 0.0278. The Bertz CT molecular complexity index is 366. The number of hydrogen-bond acceptors (Lipinski definition) is 2. The lowest BCUT2D eigenvalue weighted by Gasteiger charge is -2.19. The van der Waals surface area contributed by atoms with Gasteiger partial charge >= 0.3 is 0 Å². The van der Waals surface area contributed by atoms with E-state index >= 15 is 0 Å². The van der Waals surface area contributed by atoms with Crippen molar-refractivity contribution < 1.29 is 9.53 Å². The molecule has 0 fully saturated rings. The highest BCUT2D eigenvalue weighted by atomic mass is 16.5. The number of ether oxygens (including phenoxy) is 1. The summed E-state index contributed by atoms with van der Waals surface area (Å²) in [5.41, 5.74) is 2.14. The molecule has 0 N–H and O–H groups in total. The van der Waals surface area contributed by atoms with E-state index in [-0.39, 0.29) is 5.78 Å². The molecular weight excluding hydrogens is 200 g/mol. The summed E-state index contributed by atoms with van der Waals surface area (Å²) in [4.78, 5) is 10.7. The molecule has 2 bridgehead atoms. The zero-order chi connectivity index (χ0) is 12.2. The molecule has 2 nitrogen and oxygen atoms in total. The molecule has 86 valence electrons. The molecule has 0 aliphatic heterocycles. The Hall–Kier alpha value is -1.41. The standard InChI is InChI=1S/C7H12O2.C7H6/c1-5-7(3,9-4)6(2)8;1-2-7-4-3-6(1)5-7/h5H,1H2,2-4H3;1-4H,5H2. The number of fused-ring (bicyclic) bond motifs is 2. The van der Waals surface area contributed by atoms with E-state index in [9.17, 15) is 4.79 Å². The van der Waals surface area contributed by atoms with Crippen molar-refractivity contribution in [1.82, 2.24) is 0 Å². The van der Waals surface area contributed by atoms with Gasteiger partial charge in [0.15, 0.2) is 5.78 Å². The Morgan fingerprint density at radius 2 is 1.94 bits per heavy atom. The molecule has 0 aromatic carbocycles. The van der Waals surface area contributed by atoms with Gasteiger partial charge < -0.3 is 4.74 Å². The van der Waals surface area contributed by atoms with Gasteiger partial charge in [-0.1, -0.05) is 37.0 Å². The predicted octanol–water partition coefficient (Wildman–Crippen LogP) is 2.98. The summed E-state index contributed by atoms with van der Waals surface area (Å²) in [6.45, 7) is 6.64. The van der Waals surface area contributed by atoms with Crippen LogP contribution in [0, 0.1) is 0 Å². The fourth-order valence-corrected chi connectivity index (χ4v) is 1.38. The lowest BCUT2D eigenvalue weighted by molar-refractivity contribution is -0.131. The quantitative estimate of drug-likeness (QED) is 0.681. The number of rotatable bonds is 3. The van der Waals surface area contributed by atoms with Crippen LogP contribution in [-0.2, 0) is 9.53 Å². The van der Waals surface area contributed by atoms with E-state index in [1.165, 1.54) is 37.7 Å². The molecule has 0 saturated heterocycles. The summed E-state index contributed by atoms with van der Waals surface area (Å²) < 4.78 is 4.88. The van der Waals surface area contributed by atoms with E-state index in [1.807, 2.05) is 0 Å². The van der Waals surface area contributed by atoms with Crippen molar-refractivity contribution in [2.45, 2.75) is 25.9 Å². The number of allylic oxidation sites excluding steroid dienone is 6. The minimum atomic E-state index is -0.792. The maximum atomic E-state index is 10.7. The van der Waals surface area contributed by atoms with Crippen LogP contribution >= 0.6 is 0 Å². The Morgan fingerprint density at radius 1 is 1.44 bits per heavy atom. The second kappa shape index (κ2) is 5.08. The third kappa shape index (κ3) is 2.80. The van der Waals surface area contributed by atoms with Crippen molar-refractivity contribution in [3.05, 3.63) is 48.1 Å². The first kappa shape index (κ1) is 12.7. The van der Waals surface area contributed by atoms with E-state index in [2.05, 4.69) is 30.9 Å². The number of carbonyl (C=O) groups is 1. The molecule has 0 radical (unpaired) electrons. The van der Waals surface area contributed by atoms with Gasteiger partial charge in [-0.3, -0.25) is 4.79 Å². The second-order valence-electron chi connectivity index (χ2n) is 4.06. The molecule has 2 rings (SSSR count). The molecular formula is C14H18O2. The number of carbonyl (C=O) groups excluding carboxylic acids is 1. The van der Waals surface area contributed by atoms with Crippen molar-refractivity contribution in [2.75, 3.05) is 7.11 Å². The zero-order valence-corrected chi connectivity index (χ0v) is 10.1. The fourth-order valence-electron chi connectivity index (χ4n) is 1.38. The molecule has 0 aromatic heterocycles. The Labute approximate surface area is 97.0 Å². The van der Waals surface area contributed by atoms with E-state index < -0.39 is 5.60 Å². The molecule has 0 saturated carbocycles. The molecule has 0 amide bonds. The first-order valence-corrected chi connectivity index (χ1v) is 5.29. The minimum Gasteiger partial charge on any atom is -0.367 e. The lowest BCUT2D eigenvalue weighted by atomic mass is 10.0. The molecule has 1 atom stereocenters. The van der Waals surface area contributed by atoms with E-state index in [0.29, 0.717) is 0 Å². The molecule has 2 heteroatoms. The van der Waals surface area contributed by atoms with Gasteiger partial charge in [-0.2, -0.15) is 0 Å². The van der Waals surface area contributed by atoms with Gasteiger partial charge in [0.1, 0.15) is 5.60 Å². The van der Waals surface area contributed by atoms with Gasteiger partial charge in [-0.05, 0) is 31.4 Å². The maximum Gasteiger partial charge on any atom is 0.165 e. The van der Waals surface area contributed by atoms with Gasteiger partial charge in [0, 0.05) is 7.11 Å². The SMILES string of the molecule is C1=CC2=CC=C1C2.C=CC(C)(OC)C(C)=O. The van der Waals surface area contributed by atoms with Crippen molar-refractivity contribution in [3.63, 3.8) is 0 Å². The highest BCUT2D eigenvalue weighted by Crippen LogP contribution is 2.27. The number of methoxy groups -OCH3 is 1. The molecule has 0 spiro atoms. The number of ketones is 1. The fraction of sp³-hybridized carbons (Fsp3) is 0.357. The highest BCUT2D eigenvalue weighted by Gasteiger charge is 2.24. The first-order chi connectivity index (χ1) is 7.51. The largest absolute Gasteiger partial charge is 0.367 e. The van der Waals surface area contributed by atoms with Crippen molar-refractivity contribution in [1.29, 1.82) is 0 Å². The lowest BCUT2D eigenvalue weighted by Crippen LogP contribution is -2.32. The van der Waals surface area contributed by atoms with Crippen molar-refractivity contribution in [2.24, 2.45) is 0 Å². The molecule has 2 aliphatic rings. The Morgan fingerprint density at radius 3 is 2.00 bits per heavy atom. The van der Waals surface area contributed by atoms with Gasteiger partial charge in [0.25, 0.3) is 0 Å². The topological polar surface area (TPSA) is 26.3 Å². The van der Waals surface area contributed by atoms with Crippen LogP contribution in [0.3, 0.4) is 0 Å². The molecule has 2 aliphatic carbocycles. The van der Waals surface area contributed by atoms with Crippen LogP contribution in [0.5, 0.6) is 0 Å². The third-order valence-corrected chi connectivity index (χ3v) is 2.94. The molecule has 1 unspecified atom stereocenters. The van der Waals surface area contributed by atoms with Crippen LogP contribution in [0.1, 0.15) is 20.3 Å². The maximum absolute atomic E-state index is 10.7. The summed E-state index contributed by atoms with van der Waals surface area (Å²) >= 11 is 0. The average molecular weight is 218 g/mol. The van der Waals surface area contributed by atoms with E-state index in [0.717, 1.165) is 0 Å². The summed E-state index contributed by atoms with van der Waals surface area (Å²) in [5.74, 6) is -0.0278. The van der Waals surface area contributed by atoms with Crippen LogP contribution in [0.15, 0.2) is 48.1 Å². The van der Waals surface area contributed by atoms with Crippen LogP contribution in [-0.4, -0.2) is 18.5 Å².